The van der Waals surface area contributed by atoms with E-state index in [0.717, 1.165) is 42.6 Å². The van der Waals surface area contributed by atoms with Crippen LogP contribution in [-0.2, 0) is 0 Å². The molecule has 0 spiro atoms. The third-order valence-electron chi connectivity index (χ3n) is 8.00. The van der Waals surface area contributed by atoms with Crippen LogP contribution in [0.3, 0.4) is 0 Å². The van der Waals surface area contributed by atoms with Crippen LogP contribution in [0.25, 0.3) is 11.0 Å². The van der Waals surface area contributed by atoms with Crippen molar-refractivity contribution in [2.45, 2.75) is 56.8 Å². The number of nitrogens with one attached hydrogen (secondary N) is 1. The number of pyridine rings is 1. The topological polar surface area (TPSA) is 87.5 Å². The number of ether oxygens (including phenoxy) is 1. The molecule has 2 aromatic heterocycles. The highest BCUT2D eigenvalue weighted by atomic mass is 19.4. The highest BCUT2D eigenvalue weighted by Crippen LogP contribution is 2.38. The molecule has 3 N–H and O–H groups in total. The number of likely N-dealkylation sites (tertiary alicyclic amines) is 2. The van der Waals surface area contributed by atoms with E-state index in [1.807, 2.05) is 6.07 Å². The molecule has 2 fully saturated rings. The standard InChI is InChI=1S/C27H31F4N5O2/c1-15-11-17(5-8-35(15)2)23-13-20-24(21(28)14-33-25(20)34-23)16-6-9-36(10-7-16)26(37)19-4-3-18(12-22(19)32)38-27(29,30)31/h3-4,12-17H,5-11,32H2,1-2H3,(H,33,34)/t15-,17-/m0/s1. The zero-order valence-corrected chi connectivity index (χ0v) is 21.3. The minimum Gasteiger partial charge on any atom is -0.406 e. The second-order valence-corrected chi connectivity index (χ2v) is 10.4. The summed E-state index contributed by atoms with van der Waals surface area (Å²) in [6, 6.07) is 5.81. The molecule has 1 aromatic carbocycles. The molecule has 0 bridgehead atoms. The molecule has 2 aliphatic heterocycles. The summed E-state index contributed by atoms with van der Waals surface area (Å²) < 4.78 is 56.4. The number of rotatable bonds is 4. The second kappa shape index (κ2) is 10.1. The summed E-state index contributed by atoms with van der Waals surface area (Å²) in [4.78, 5) is 24.7. The van der Waals surface area contributed by atoms with E-state index in [0.29, 0.717) is 49.1 Å². The van der Waals surface area contributed by atoms with Gasteiger partial charge >= 0.3 is 6.36 Å². The zero-order valence-electron chi connectivity index (χ0n) is 21.3. The van der Waals surface area contributed by atoms with Crippen LogP contribution in [0, 0.1) is 5.82 Å². The van der Waals surface area contributed by atoms with Gasteiger partial charge in [0, 0.05) is 53.4 Å². The lowest BCUT2D eigenvalue weighted by Crippen LogP contribution is -2.38. The van der Waals surface area contributed by atoms with E-state index < -0.39 is 12.1 Å². The number of aromatic amines is 1. The maximum atomic E-state index is 15.1. The van der Waals surface area contributed by atoms with Gasteiger partial charge in [0.25, 0.3) is 5.91 Å². The fourth-order valence-electron chi connectivity index (χ4n) is 5.77. The molecule has 3 aromatic rings. The van der Waals surface area contributed by atoms with E-state index >= 15 is 4.39 Å². The average molecular weight is 534 g/mol. The van der Waals surface area contributed by atoms with Crippen molar-refractivity contribution in [1.82, 2.24) is 19.8 Å². The summed E-state index contributed by atoms with van der Waals surface area (Å²) in [7, 11) is 2.13. The summed E-state index contributed by atoms with van der Waals surface area (Å²) in [5, 5.41) is 0.792. The van der Waals surface area contributed by atoms with Crippen molar-refractivity contribution in [1.29, 1.82) is 0 Å². The number of nitrogens with zero attached hydrogens (tertiary/aromatic N) is 3. The van der Waals surface area contributed by atoms with Gasteiger partial charge in [0.05, 0.1) is 11.8 Å². The Morgan fingerprint density at radius 1 is 1.13 bits per heavy atom. The van der Waals surface area contributed by atoms with E-state index in [-0.39, 0.29) is 28.9 Å². The molecule has 0 saturated carbocycles. The number of piperidine rings is 2. The average Bonchev–Trinajstić information content (AvgIpc) is 3.29. The molecule has 1 amide bonds. The minimum absolute atomic E-state index is 0.0930. The van der Waals surface area contributed by atoms with Gasteiger partial charge in [-0.3, -0.25) is 4.79 Å². The fraction of sp³-hybridized carbons (Fsp3) is 0.481. The SMILES string of the molecule is C[C@H]1C[C@@H](c2cc3c(C4CCN(C(=O)c5ccc(OC(F)(F)F)cc5N)CC4)c(F)cnc3[nH]2)CCN1C. The van der Waals surface area contributed by atoms with Gasteiger partial charge in [0.1, 0.15) is 17.2 Å². The number of amides is 1. The highest BCUT2D eigenvalue weighted by molar-refractivity contribution is 5.99. The largest absolute Gasteiger partial charge is 0.573 e. The van der Waals surface area contributed by atoms with Gasteiger partial charge in [0.2, 0.25) is 0 Å². The van der Waals surface area contributed by atoms with E-state index in [2.05, 4.69) is 33.6 Å². The Bertz CT molecular complexity index is 1330. The summed E-state index contributed by atoms with van der Waals surface area (Å²) in [5.41, 5.74) is 8.27. The maximum Gasteiger partial charge on any atom is 0.573 e. The monoisotopic (exact) mass is 533 g/mol. The van der Waals surface area contributed by atoms with Crippen LogP contribution in [0.4, 0.5) is 23.2 Å². The van der Waals surface area contributed by atoms with Crippen molar-refractivity contribution >= 4 is 22.6 Å². The number of H-pyrrole nitrogens is 1. The number of nitrogens with two attached hydrogens (primary N) is 1. The number of benzene rings is 1. The lowest BCUT2D eigenvalue weighted by molar-refractivity contribution is -0.274. The first-order chi connectivity index (χ1) is 18.0. The Kier molecular flexibility index (Phi) is 6.97. The lowest BCUT2D eigenvalue weighted by Gasteiger charge is -2.34. The van der Waals surface area contributed by atoms with Crippen LogP contribution >= 0.6 is 0 Å². The van der Waals surface area contributed by atoms with Crippen LogP contribution in [0.15, 0.2) is 30.5 Å². The Morgan fingerprint density at radius 3 is 2.50 bits per heavy atom. The highest BCUT2D eigenvalue weighted by Gasteiger charge is 2.33. The Hall–Kier alpha value is -3.34. The molecule has 4 heterocycles. The minimum atomic E-state index is -4.85. The van der Waals surface area contributed by atoms with Gasteiger partial charge in [-0.15, -0.1) is 13.2 Å². The van der Waals surface area contributed by atoms with Gasteiger partial charge in [0.15, 0.2) is 0 Å². The predicted octanol–water partition coefficient (Wildman–Crippen LogP) is 5.40. The quantitative estimate of drug-likeness (QED) is 0.346. The van der Waals surface area contributed by atoms with E-state index in [1.165, 1.54) is 12.3 Å². The number of nitrogen functional groups attached to an aromatic ring is 1. The molecule has 38 heavy (non-hydrogen) atoms. The molecule has 0 unspecified atom stereocenters. The zero-order chi connectivity index (χ0) is 27.2. The number of aromatic nitrogens is 2. The van der Waals surface area contributed by atoms with Crippen molar-refractivity contribution in [3.8, 4) is 5.75 Å². The van der Waals surface area contributed by atoms with E-state index in [4.69, 9.17) is 5.73 Å². The molecule has 2 aliphatic rings. The number of alkyl halides is 3. The van der Waals surface area contributed by atoms with Crippen LogP contribution in [0.1, 0.15) is 66.1 Å². The van der Waals surface area contributed by atoms with E-state index in [1.54, 1.807) is 4.90 Å². The summed E-state index contributed by atoms with van der Waals surface area (Å²) in [6.07, 6.45) is -0.449. The molecule has 2 saturated heterocycles. The van der Waals surface area contributed by atoms with Crippen molar-refractivity contribution in [3.63, 3.8) is 0 Å². The normalized spacial score (nSPS) is 21.7. The Labute approximate surface area is 217 Å². The summed E-state index contributed by atoms with van der Waals surface area (Å²) >= 11 is 0. The number of hydrogen-bond acceptors (Lipinski definition) is 5. The third kappa shape index (κ3) is 5.29. The first-order valence-electron chi connectivity index (χ1n) is 12.8. The number of halogens is 4. The van der Waals surface area contributed by atoms with Gasteiger partial charge < -0.3 is 25.3 Å². The van der Waals surface area contributed by atoms with Crippen LogP contribution in [-0.4, -0.2) is 64.8 Å². The number of fused-ring (bicyclic) bond motifs is 1. The molecule has 5 rings (SSSR count). The van der Waals surface area contributed by atoms with Crippen LogP contribution < -0.4 is 10.5 Å². The second-order valence-electron chi connectivity index (χ2n) is 10.4. The first-order valence-corrected chi connectivity index (χ1v) is 12.8. The first kappa shape index (κ1) is 26.3. The maximum absolute atomic E-state index is 15.1. The Balaban J connectivity index is 1.30. The van der Waals surface area contributed by atoms with Crippen LogP contribution in [0.2, 0.25) is 0 Å². The van der Waals surface area contributed by atoms with Gasteiger partial charge in [-0.05, 0) is 70.3 Å². The fourth-order valence-corrected chi connectivity index (χ4v) is 5.77. The molecule has 0 aliphatic carbocycles. The molecule has 204 valence electrons. The molecule has 2 atom stereocenters. The number of anilines is 1. The molecule has 7 nitrogen and oxygen atoms in total. The molecular weight excluding hydrogens is 502 g/mol. The van der Waals surface area contributed by atoms with Gasteiger partial charge in [-0.25, -0.2) is 9.37 Å². The number of carbonyl (C=O) groups excluding carboxylic acids is 1. The smallest absolute Gasteiger partial charge is 0.406 e. The predicted molar refractivity (Wildman–Crippen MR) is 136 cm³/mol. The van der Waals surface area contributed by atoms with Gasteiger partial charge in [-0.1, -0.05) is 0 Å². The van der Waals surface area contributed by atoms with E-state index in [9.17, 15) is 18.0 Å². The van der Waals surface area contributed by atoms with Gasteiger partial charge in [-0.2, -0.15) is 0 Å². The van der Waals surface area contributed by atoms with Crippen molar-refractivity contribution < 1.29 is 27.1 Å². The number of hydrogen-bond donors (Lipinski definition) is 2. The summed E-state index contributed by atoms with van der Waals surface area (Å²) in [5.74, 6) is -0.939. The van der Waals surface area contributed by atoms with Crippen molar-refractivity contribution in [3.05, 3.63) is 53.1 Å². The Morgan fingerprint density at radius 2 is 1.84 bits per heavy atom. The summed E-state index contributed by atoms with van der Waals surface area (Å²) in [6.45, 7) is 3.96. The lowest BCUT2D eigenvalue weighted by atomic mass is 9.86. The molecule has 0 radical (unpaired) electrons. The van der Waals surface area contributed by atoms with Crippen molar-refractivity contribution in [2.24, 2.45) is 0 Å². The molecular formula is C27H31F4N5O2. The number of carbonyl (C=O) groups is 1. The van der Waals surface area contributed by atoms with Crippen molar-refractivity contribution in [2.75, 3.05) is 32.4 Å². The molecule has 11 heteroatoms. The third-order valence-corrected chi connectivity index (χ3v) is 8.00. The van der Waals surface area contributed by atoms with Crippen LogP contribution in [0.5, 0.6) is 5.75 Å².